The zero-order chi connectivity index (χ0) is 13.6. The van der Waals surface area contributed by atoms with Crippen LogP contribution in [0, 0.1) is 4.77 Å². The van der Waals surface area contributed by atoms with Gasteiger partial charge >= 0.3 is 6.09 Å². The van der Waals surface area contributed by atoms with Gasteiger partial charge in [0.2, 0.25) is 0 Å². The Hall–Kier alpha value is -1.30. The van der Waals surface area contributed by atoms with E-state index in [4.69, 9.17) is 17.0 Å². The van der Waals surface area contributed by atoms with Gasteiger partial charge in [-0.3, -0.25) is 0 Å². The predicted molar refractivity (Wildman–Crippen MR) is 71.1 cm³/mol. The number of rotatable bonds is 2. The summed E-state index contributed by atoms with van der Waals surface area (Å²) < 4.78 is 5.86. The SMILES string of the molecule is CC(C)(C)OC(=O)NC1(C)CC1c1c[nH]c(=S)[nH]1. The molecule has 100 valence electrons. The smallest absolute Gasteiger partial charge is 0.408 e. The normalized spacial score (nSPS) is 26.8. The van der Waals surface area contributed by atoms with Crippen LogP contribution in [-0.2, 0) is 4.74 Å². The molecule has 2 unspecified atom stereocenters. The van der Waals surface area contributed by atoms with Crippen molar-refractivity contribution in [2.75, 3.05) is 0 Å². The predicted octanol–water partition coefficient (Wildman–Crippen LogP) is 2.84. The van der Waals surface area contributed by atoms with Crippen LogP contribution in [0.4, 0.5) is 4.79 Å². The molecule has 1 heterocycles. The molecule has 1 aliphatic carbocycles. The summed E-state index contributed by atoms with van der Waals surface area (Å²) in [6.07, 6.45) is 2.37. The number of carbonyl (C=O) groups is 1. The maximum Gasteiger partial charge on any atom is 0.408 e. The Balaban J connectivity index is 1.96. The van der Waals surface area contributed by atoms with Crippen molar-refractivity contribution in [3.63, 3.8) is 0 Å². The topological polar surface area (TPSA) is 69.9 Å². The van der Waals surface area contributed by atoms with Crippen molar-refractivity contribution >= 4 is 18.3 Å². The van der Waals surface area contributed by atoms with Gasteiger partial charge in [0.15, 0.2) is 4.77 Å². The van der Waals surface area contributed by atoms with Crippen LogP contribution in [0.5, 0.6) is 0 Å². The zero-order valence-electron chi connectivity index (χ0n) is 11.1. The first kappa shape index (κ1) is 13.1. The van der Waals surface area contributed by atoms with Gasteiger partial charge < -0.3 is 20.0 Å². The molecule has 0 bridgehead atoms. The van der Waals surface area contributed by atoms with Crippen molar-refractivity contribution in [2.45, 2.75) is 51.2 Å². The van der Waals surface area contributed by atoms with Gasteiger partial charge in [0.05, 0.1) is 0 Å². The van der Waals surface area contributed by atoms with Crippen molar-refractivity contribution in [1.82, 2.24) is 15.3 Å². The summed E-state index contributed by atoms with van der Waals surface area (Å²) in [5.41, 5.74) is 0.306. The molecule has 18 heavy (non-hydrogen) atoms. The number of amides is 1. The number of aromatic nitrogens is 2. The van der Waals surface area contributed by atoms with E-state index in [1.165, 1.54) is 0 Å². The van der Waals surface area contributed by atoms with Crippen LogP contribution in [0.25, 0.3) is 0 Å². The van der Waals surface area contributed by atoms with Crippen LogP contribution < -0.4 is 5.32 Å². The Morgan fingerprint density at radius 1 is 1.61 bits per heavy atom. The summed E-state index contributed by atoms with van der Waals surface area (Å²) in [5.74, 6) is 0.262. The number of hydrogen-bond acceptors (Lipinski definition) is 3. The van der Waals surface area contributed by atoms with E-state index in [2.05, 4.69) is 15.3 Å². The summed E-state index contributed by atoms with van der Waals surface area (Å²) in [6.45, 7) is 7.56. The molecule has 0 aliphatic heterocycles. The summed E-state index contributed by atoms with van der Waals surface area (Å²) in [7, 11) is 0. The number of ether oxygens (including phenoxy) is 1. The lowest BCUT2D eigenvalue weighted by molar-refractivity contribution is 0.0500. The van der Waals surface area contributed by atoms with E-state index < -0.39 is 5.60 Å². The maximum absolute atomic E-state index is 11.7. The largest absolute Gasteiger partial charge is 0.444 e. The third-order valence-corrected chi connectivity index (χ3v) is 3.24. The second-order valence-electron chi connectivity index (χ2n) is 6.00. The van der Waals surface area contributed by atoms with Crippen LogP contribution in [0.1, 0.15) is 45.7 Å². The fraction of sp³-hybridized carbons (Fsp3) is 0.667. The summed E-state index contributed by atoms with van der Waals surface area (Å²) in [4.78, 5) is 17.7. The molecule has 1 saturated carbocycles. The van der Waals surface area contributed by atoms with Crippen molar-refractivity contribution in [2.24, 2.45) is 0 Å². The molecule has 1 fully saturated rings. The third kappa shape index (κ3) is 2.93. The number of imidazole rings is 1. The van der Waals surface area contributed by atoms with E-state index >= 15 is 0 Å². The molecular weight excluding hydrogens is 250 g/mol. The lowest BCUT2D eigenvalue weighted by Gasteiger charge is -2.22. The molecule has 1 aliphatic rings. The Morgan fingerprint density at radius 3 is 2.78 bits per heavy atom. The molecule has 6 heteroatoms. The first-order chi connectivity index (χ1) is 8.20. The van der Waals surface area contributed by atoms with Gasteiger partial charge in [0.1, 0.15) is 5.60 Å². The van der Waals surface area contributed by atoms with E-state index in [1.807, 2.05) is 33.9 Å². The lowest BCUT2D eigenvalue weighted by Crippen LogP contribution is -2.40. The molecule has 0 saturated heterocycles. The highest BCUT2D eigenvalue weighted by molar-refractivity contribution is 7.71. The average molecular weight is 269 g/mol. The molecule has 2 atom stereocenters. The Labute approximate surface area is 111 Å². The molecule has 1 aromatic rings. The Bertz CT molecular complexity index is 514. The number of alkyl carbamates (subject to hydrolysis) is 1. The second-order valence-corrected chi connectivity index (χ2v) is 6.41. The second kappa shape index (κ2) is 4.12. The Kier molecular flexibility index (Phi) is 3.01. The van der Waals surface area contributed by atoms with E-state index in [9.17, 15) is 4.79 Å². The van der Waals surface area contributed by atoms with Gasteiger partial charge in [-0.15, -0.1) is 0 Å². The van der Waals surface area contributed by atoms with E-state index in [0.717, 1.165) is 12.1 Å². The standard InChI is InChI=1S/C12H19N3O2S/c1-11(2,3)17-10(16)15-12(4)5-7(12)8-6-13-9(18)14-8/h6-7H,5H2,1-4H3,(H,15,16)(H2,13,14,18). The van der Waals surface area contributed by atoms with Crippen molar-refractivity contribution in [3.05, 3.63) is 16.7 Å². The van der Waals surface area contributed by atoms with Crippen LogP contribution in [0.3, 0.4) is 0 Å². The van der Waals surface area contributed by atoms with Gasteiger partial charge in [-0.2, -0.15) is 0 Å². The molecule has 0 spiro atoms. The van der Waals surface area contributed by atoms with Crippen LogP contribution in [-0.4, -0.2) is 27.2 Å². The van der Waals surface area contributed by atoms with Crippen molar-refractivity contribution < 1.29 is 9.53 Å². The average Bonchev–Trinajstić information content (AvgIpc) is 2.64. The maximum atomic E-state index is 11.7. The molecule has 0 radical (unpaired) electrons. The van der Waals surface area contributed by atoms with Gasteiger partial charge in [0.25, 0.3) is 0 Å². The lowest BCUT2D eigenvalue weighted by atomic mass is 10.2. The first-order valence-corrected chi connectivity index (χ1v) is 6.39. The van der Waals surface area contributed by atoms with Crippen LogP contribution in [0.15, 0.2) is 6.20 Å². The van der Waals surface area contributed by atoms with Gasteiger partial charge in [-0.25, -0.2) is 4.79 Å². The van der Waals surface area contributed by atoms with Gasteiger partial charge in [0, 0.05) is 23.3 Å². The first-order valence-electron chi connectivity index (χ1n) is 5.98. The van der Waals surface area contributed by atoms with E-state index in [-0.39, 0.29) is 17.6 Å². The van der Waals surface area contributed by atoms with Crippen molar-refractivity contribution in [1.29, 1.82) is 0 Å². The Morgan fingerprint density at radius 2 is 2.28 bits per heavy atom. The third-order valence-electron chi connectivity index (χ3n) is 3.02. The number of hydrogen-bond donors (Lipinski definition) is 3. The minimum atomic E-state index is -0.473. The number of aromatic amines is 2. The fourth-order valence-electron chi connectivity index (χ4n) is 2.03. The highest BCUT2D eigenvalue weighted by Gasteiger charge is 2.53. The molecule has 0 aromatic carbocycles. The number of H-pyrrole nitrogens is 2. The fourth-order valence-corrected chi connectivity index (χ4v) is 2.20. The zero-order valence-corrected chi connectivity index (χ0v) is 11.9. The minimum absolute atomic E-state index is 0.247. The molecule has 3 N–H and O–H groups in total. The van der Waals surface area contributed by atoms with Crippen molar-refractivity contribution in [3.8, 4) is 0 Å². The molecule has 2 rings (SSSR count). The minimum Gasteiger partial charge on any atom is -0.444 e. The van der Waals surface area contributed by atoms with E-state index in [1.54, 1.807) is 0 Å². The summed E-state index contributed by atoms with van der Waals surface area (Å²) >= 11 is 4.99. The summed E-state index contributed by atoms with van der Waals surface area (Å²) in [6, 6.07) is 0. The van der Waals surface area contributed by atoms with Crippen LogP contribution in [0.2, 0.25) is 0 Å². The van der Waals surface area contributed by atoms with Gasteiger partial charge in [-0.1, -0.05) is 0 Å². The number of nitrogens with one attached hydrogen (secondary N) is 3. The monoisotopic (exact) mass is 269 g/mol. The molecular formula is C12H19N3O2S. The van der Waals surface area contributed by atoms with E-state index in [0.29, 0.717) is 4.77 Å². The summed E-state index contributed by atoms with van der Waals surface area (Å²) in [5, 5.41) is 2.92. The quantitative estimate of drug-likeness (QED) is 0.723. The van der Waals surface area contributed by atoms with Gasteiger partial charge in [-0.05, 0) is 46.3 Å². The number of carbonyl (C=O) groups excluding carboxylic acids is 1. The molecule has 1 amide bonds. The highest BCUT2D eigenvalue weighted by Crippen LogP contribution is 2.50. The molecule has 5 nitrogen and oxygen atoms in total. The molecule has 1 aromatic heterocycles. The highest BCUT2D eigenvalue weighted by atomic mass is 32.1. The van der Waals surface area contributed by atoms with Crippen LogP contribution >= 0.6 is 12.2 Å².